The van der Waals surface area contributed by atoms with Crippen LogP contribution in [-0.2, 0) is 39.9 Å². The molecule has 2 aromatic carbocycles. The number of aryl methyl sites for hydroxylation is 1. The van der Waals surface area contributed by atoms with E-state index >= 15 is 0 Å². The Labute approximate surface area is 346 Å². The molecule has 3 saturated heterocycles. The monoisotopic (exact) mass is 832 g/mol. The molecule has 0 unspecified atom stereocenters. The number of ether oxygens (including phenoxy) is 3. The van der Waals surface area contributed by atoms with E-state index in [0.29, 0.717) is 55.2 Å². The highest BCUT2D eigenvalue weighted by molar-refractivity contribution is 6.36. The highest BCUT2D eigenvalue weighted by Crippen LogP contribution is 2.48. The third-order valence-electron chi connectivity index (χ3n) is 12.7. The number of anilines is 1. The molecule has 1 saturated carbocycles. The fraction of sp³-hybridized carbons (Fsp3) is 0.477. The van der Waals surface area contributed by atoms with Gasteiger partial charge < -0.3 is 24.8 Å². The summed E-state index contributed by atoms with van der Waals surface area (Å²) in [6.45, 7) is 0.443. The van der Waals surface area contributed by atoms with Crippen LogP contribution in [0.15, 0.2) is 48.5 Å². The van der Waals surface area contributed by atoms with Gasteiger partial charge in [0.15, 0.2) is 11.5 Å². The number of methoxy groups -OCH3 is 3. The van der Waals surface area contributed by atoms with Crippen LogP contribution in [0.1, 0.15) is 91.9 Å². The maximum atomic E-state index is 14.8. The molecular weight excluding hydrogens is 785 g/mol. The minimum atomic E-state index is -4.80. The molecule has 3 aliphatic heterocycles. The molecule has 4 fully saturated rings. The number of alkyl halides is 3. The predicted molar refractivity (Wildman–Crippen MR) is 216 cm³/mol. The molecule has 9 rings (SSSR count). The third kappa shape index (κ3) is 8.05. The number of carbonyl (C=O) groups excluding carboxylic acids is 2. The minimum absolute atomic E-state index is 0.00182. The number of nitrogens with zero attached hydrogens (tertiary/aromatic N) is 4. The Balaban J connectivity index is 1.03. The van der Waals surface area contributed by atoms with Crippen molar-refractivity contribution in [3.05, 3.63) is 81.6 Å². The number of fused-ring (bicyclic) bond motifs is 4. The second-order valence-electron chi connectivity index (χ2n) is 16.1. The van der Waals surface area contributed by atoms with Gasteiger partial charge >= 0.3 is 12.1 Å². The quantitative estimate of drug-likeness (QED) is 0.127. The van der Waals surface area contributed by atoms with E-state index in [1.165, 1.54) is 14.2 Å². The maximum absolute atomic E-state index is 14.8. The molecule has 4 aromatic rings. The van der Waals surface area contributed by atoms with E-state index in [4.69, 9.17) is 30.8 Å². The van der Waals surface area contributed by atoms with Crippen LogP contribution in [0, 0.1) is 5.41 Å². The Kier molecular flexibility index (Phi) is 11.5. The molecule has 2 atom stereocenters. The molecule has 0 spiro atoms. The number of halogens is 4. The van der Waals surface area contributed by atoms with E-state index in [0.717, 1.165) is 71.9 Å². The molecule has 312 valence electrons. The van der Waals surface area contributed by atoms with Gasteiger partial charge in [0.2, 0.25) is 17.7 Å². The molecule has 2 aromatic heterocycles. The van der Waals surface area contributed by atoms with E-state index < -0.39 is 29.1 Å². The zero-order valence-electron chi connectivity index (χ0n) is 33.4. The van der Waals surface area contributed by atoms with Gasteiger partial charge in [-0.25, -0.2) is 9.97 Å². The summed E-state index contributed by atoms with van der Waals surface area (Å²) in [5.41, 5.74) is 4.13. The minimum Gasteiger partial charge on any atom is -0.481 e. The van der Waals surface area contributed by atoms with E-state index in [-0.39, 0.29) is 42.1 Å². The molecule has 0 radical (unpaired) electrons. The Hall–Kier alpha value is -4.95. The standard InChI is InChI=1S/C44H48ClF3N6O5/c1-57-40-25(7-4-8-26-14-18-36(55)49-26)13-16-34(52-40)32-12-6-11-31(37(32)45)28-9-5-10-30-29(28)15-17-33(30)51-39-38(44(46,47)48)50-35(41(53-39)58-2)23-54-24-43(42(56)59-3)21-19-27(54)20-22-43/h5-6,9-13,16,26-27,33H,4,7-8,14-15,17-24H2,1-3H3,(H,49,55)(H,51,53)/t26-,27?,33+,43?/m1/s1. The van der Waals surface area contributed by atoms with Gasteiger partial charge in [0.25, 0.3) is 0 Å². The van der Waals surface area contributed by atoms with E-state index in [1.54, 1.807) is 7.11 Å². The Morgan fingerprint density at radius 3 is 2.39 bits per heavy atom. The number of amides is 1. The Bertz CT molecular complexity index is 2250. The lowest BCUT2D eigenvalue weighted by Crippen LogP contribution is -2.57. The van der Waals surface area contributed by atoms with Crippen LogP contribution in [0.4, 0.5) is 19.0 Å². The van der Waals surface area contributed by atoms with Crippen molar-refractivity contribution in [2.45, 2.75) is 101 Å². The maximum Gasteiger partial charge on any atom is 0.437 e. The molecule has 15 heteroatoms. The first kappa shape index (κ1) is 40.8. The average molecular weight is 833 g/mol. The van der Waals surface area contributed by atoms with Crippen molar-refractivity contribution in [2.24, 2.45) is 5.41 Å². The lowest BCUT2D eigenvalue weighted by molar-refractivity contribution is -0.163. The predicted octanol–water partition coefficient (Wildman–Crippen LogP) is 8.51. The van der Waals surface area contributed by atoms with Gasteiger partial charge in [-0.05, 0) is 87.0 Å². The van der Waals surface area contributed by atoms with Gasteiger partial charge in [-0.3, -0.25) is 14.5 Å². The first-order valence-electron chi connectivity index (χ1n) is 20.3. The molecule has 2 aliphatic carbocycles. The van der Waals surface area contributed by atoms with E-state index in [9.17, 15) is 22.8 Å². The van der Waals surface area contributed by atoms with Gasteiger partial charge in [0.1, 0.15) is 5.69 Å². The number of piperidine rings is 2. The number of benzene rings is 2. The number of rotatable bonds is 13. The van der Waals surface area contributed by atoms with Crippen molar-refractivity contribution >= 4 is 29.3 Å². The highest BCUT2D eigenvalue weighted by Gasteiger charge is 2.50. The van der Waals surface area contributed by atoms with Crippen molar-refractivity contribution < 1.29 is 37.0 Å². The summed E-state index contributed by atoms with van der Waals surface area (Å²) in [6, 6.07) is 15.3. The Morgan fingerprint density at radius 1 is 0.932 bits per heavy atom. The average Bonchev–Trinajstić information content (AvgIpc) is 3.86. The highest BCUT2D eigenvalue weighted by atomic mass is 35.5. The second kappa shape index (κ2) is 16.6. The topological polar surface area (TPSA) is 128 Å². The Morgan fingerprint density at radius 2 is 1.68 bits per heavy atom. The van der Waals surface area contributed by atoms with Gasteiger partial charge in [-0.2, -0.15) is 18.2 Å². The normalized spacial score (nSPS) is 22.6. The lowest BCUT2D eigenvalue weighted by atomic mass is 9.67. The largest absolute Gasteiger partial charge is 0.481 e. The first-order chi connectivity index (χ1) is 28.4. The molecule has 5 heterocycles. The van der Waals surface area contributed by atoms with Crippen molar-refractivity contribution in [1.82, 2.24) is 25.2 Å². The number of hydrogen-bond donors (Lipinski definition) is 2. The van der Waals surface area contributed by atoms with Gasteiger partial charge in [-0.15, -0.1) is 0 Å². The number of nitrogens with one attached hydrogen (secondary N) is 2. The van der Waals surface area contributed by atoms with Crippen LogP contribution < -0.4 is 20.1 Å². The van der Waals surface area contributed by atoms with Crippen LogP contribution in [0.5, 0.6) is 11.8 Å². The molecular formula is C44H48ClF3N6O5. The molecule has 59 heavy (non-hydrogen) atoms. The summed E-state index contributed by atoms with van der Waals surface area (Å²) < 4.78 is 60.7. The van der Waals surface area contributed by atoms with Gasteiger partial charge in [-0.1, -0.05) is 54.1 Å². The molecule has 11 nitrogen and oxygen atoms in total. The van der Waals surface area contributed by atoms with Crippen molar-refractivity contribution in [1.29, 1.82) is 0 Å². The van der Waals surface area contributed by atoms with E-state index in [2.05, 4.69) is 20.6 Å². The van der Waals surface area contributed by atoms with Crippen molar-refractivity contribution in [2.75, 3.05) is 33.2 Å². The lowest BCUT2D eigenvalue weighted by Gasteiger charge is -2.51. The van der Waals surface area contributed by atoms with Gasteiger partial charge in [0, 0.05) is 48.3 Å². The summed E-state index contributed by atoms with van der Waals surface area (Å²) in [5.74, 6) is -0.0546. The second-order valence-corrected chi connectivity index (χ2v) is 16.5. The SMILES string of the molecule is COC(=O)C12CCC(CC1)N(Cc1nc(C(F)(F)F)c(N[C@H]3CCc4c(-c5cccc(-c6ccc(CCC[C@@H]7CCC(=O)N7)c(OC)n6)c5Cl)cccc43)nc1OC)C2. The summed E-state index contributed by atoms with van der Waals surface area (Å²) in [7, 11) is 4.34. The van der Waals surface area contributed by atoms with Crippen molar-refractivity contribution in [3.63, 3.8) is 0 Å². The smallest absolute Gasteiger partial charge is 0.437 e. The summed E-state index contributed by atoms with van der Waals surface area (Å²) in [6.07, 6.45) is 3.17. The van der Waals surface area contributed by atoms with Crippen LogP contribution in [0.3, 0.4) is 0 Å². The molecule has 1 amide bonds. The summed E-state index contributed by atoms with van der Waals surface area (Å²) >= 11 is 7.17. The molecule has 2 bridgehead atoms. The summed E-state index contributed by atoms with van der Waals surface area (Å²) in [4.78, 5) is 39.8. The molecule has 2 N–H and O–H groups in total. The molecule has 5 aliphatic rings. The zero-order valence-corrected chi connectivity index (χ0v) is 34.1. The fourth-order valence-corrected chi connectivity index (χ4v) is 9.98. The van der Waals surface area contributed by atoms with Crippen molar-refractivity contribution in [3.8, 4) is 34.1 Å². The fourth-order valence-electron chi connectivity index (χ4n) is 9.66. The first-order valence-corrected chi connectivity index (χ1v) is 20.6. The number of esters is 1. The zero-order chi connectivity index (χ0) is 41.5. The van der Waals surface area contributed by atoms with E-state index in [1.807, 2.05) is 53.4 Å². The third-order valence-corrected chi connectivity index (χ3v) is 13.1. The number of aromatic nitrogens is 3. The van der Waals surface area contributed by atoms with Crippen LogP contribution >= 0.6 is 11.6 Å². The van der Waals surface area contributed by atoms with Gasteiger partial charge in [0.05, 0.1) is 43.5 Å². The number of carbonyl (C=O) groups is 2. The van der Waals surface area contributed by atoms with Crippen LogP contribution in [-0.4, -0.2) is 71.7 Å². The van der Waals surface area contributed by atoms with Crippen LogP contribution in [0.25, 0.3) is 22.4 Å². The number of pyridine rings is 1. The summed E-state index contributed by atoms with van der Waals surface area (Å²) in [5, 5.41) is 6.61. The van der Waals surface area contributed by atoms with Crippen LogP contribution in [0.2, 0.25) is 5.02 Å². The number of hydrogen-bond acceptors (Lipinski definition) is 10.